The van der Waals surface area contributed by atoms with Gasteiger partial charge in [0.25, 0.3) is 0 Å². The van der Waals surface area contributed by atoms with Crippen molar-refractivity contribution >= 4 is 17.3 Å². The van der Waals surface area contributed by atoms with Gasteiger partial charge < -0.3 is 16.2 Å². The number of rotatable bonds is 4. The summed E-state index contributed by atoms with van der Waals surface area (Å²) in [6.07, 6.45) is 3.23. The van der Waals surface area contributed by atoms with Gasteiger partial charge >= 0.3 is 0 Å². The number of hydrogen-bond donors (Lipinski definition) is 4. The maximum Gasteiger partial charge on any atom is 0.141 e. The van der Waals surface area contributed by atoms with Crippen molar-refractivity contribution in [1.29, 1.82) is 5.41 Å². The standard InChI is InChI=1S/C20H19N5O/c21-18(12-5-7-16(26)8-6-12)17-19(22)23-11-24-20(17)25-15-9-13-3-1-2-4-14(13)10-15/h1-8,11,15,21,26H,9-10H2,(H3,22,23,24,25). The molecule has 0 amide bonds. The number of aromatic hydroxyl groups is 1. The third-order valence-corrected chi connectivity index (χ3v) is 4.67. The summed E-state index contributed by atoms with van der Waals surface area (Å²) >= 11 is 0. The number of phenolic OH excluding ortho intramolecular Hbond substituents is 1. The summed E-state index contributed by atoms with van der Waals surface area (Å²) < 4.78 is 0. The predicted molar refractivity (Wildman–Crippen MR) is 102 cm³/mol. The second-order valence-electron chi connectivity index (χ2n) is 6.42. The Morgan fingerprint density at radius 3 is 2.35 bits per heavy atom. The van der Waals surface area contributed by atoms with Crippen molar-refractivity contribution in [2.75, 3.05) is 11.1 Å². The zero-order valence-electron chi connectivity index (χ0n) is 14.1. The van der Waals surface area contributed by atoms with E-state index < -0.39 is 0 Å². The van der Waals surface area contributed by atoms with E-state index in [9.17, 15) is 5.11 Å². The number of fused-ring (bicyclic) bond motifs is 1. The number of nitrogens with two attached hydrogens (primary N) is 1. The Kier molecular flexibility index (Phi) is 4.01. The van der Waals surface area contributed by atoms with Crippen LogP contribution in [0.2, 0.25) is 0 Å². The van der Waals surface area contributed by atoms with E-state index in [1.54, 1.807) is 24.3 Å². The van der Waals surface area contributed by atoms with Crippen molar-refractivity contribution in [3.05, 3.63) is 77.1 Å². The van der Waals surface area contributed by atoms with Crippen LogP contribution in [0, 0.1) is 5.41 Å². The molecule has 3 aromatic rings. The van der Waals surface area contributed by atoms with E-state index in [2.05, 4.69) is 39.6 Å². The van der Waals surface area contributed by atoms with Crippen LogP contribution in [0.15, 0.2) is 54.9 Å². The molecule has 0 saturated carbocycles. The Balaban J connectivity index is 1.63. The molecule has 6 heteroatoms. The molecule has 0 aliphatic heterocycles. The Morgan fingerprint density at radius 2 is 1.69 bits per heavy atom. The van der Waals surface area contributed by atoms with Gasteiger partial charge in [0, 0.05) is 11.6 Å². The molecule has 0 saturated heterocycles. The van der Waals surface area contributed by atoms with E-state index in [1.165, 1.54) is 17.5 Å². The van der Waals surface area contributed by atoms with Crippen LogP contribution in [-0.2, 0) is 12.8 Å². The highest BCUT2D eigenvalue weighted by molar-refractivity contribution is 6.16. The average Bonchev–Trinajstić information content (AvgIpc) is 3.04. The molecule has 5 N–H and O–H groups in total. The second-order valence-corrected chi connectivity index (χ2v) is 6.42. The SMILES string of the molecule is N=C(c1ccc(O)cc1)c1c(N)ncnc1NC1Cc2ccccc2C1. The molecule has 130 valence electrons. The molecule has 0 radical (unpaired) electrons. The first-order chi connectivity index (χ1) is 12.6. The quantitative estimate of drug-likeness (QED) is 0.544. The fourth-order valence-electron chi connectivity index (χ4n) is 3.38. The number of aromatic nitrogens is 2. The van der Waals surface area contributed by atoms with E-state index in [0.29, 0.717) is 16.9 Å². The van der Waals surface area contributed by atoms with Crippen LogP contribution < -0.4 is 11.1 Å². The molecule has 1 aliphatic rings. The van der Waals surface area contributed by atoms with Crippen molar-refractivity contribution in [2.24, 2.45) is 0 Å². The molecule has 0 spiro atoms. The molecule has 6 nitrogen and oxygen atoms in total. The molecular formula is C20H19N5O. The molecule has 26 heavy (non-hydrogen) atoms. The average molecular weight is 345 g/mol. The number of anilines is 2. The van der Waals surface area contributed by atoms with Gasteiger partial charge in [0.15, 0.2) is 0 Å². The lowest BCUT2D eigenvalue weighted by Gasteiger charge is -2.17. The molecule has 0 atom stereocenters. The van der Waals surface area contributed by atoms with Crippen LogP contribution in [0.3, 0.4) is 0 Å². The normalized spacial score (nSPS) is 13.4. The molecule has 2 aromatic carbocycles. The van der Waals surface area contributed by atoms with Gasteiger partial charge in [0.2, 0.25) is 0 Å². The number of hydrogen-bond acceptors (Lipinski definition) is 6. The van der Waals surface area contributed by atoms with Crippen LogP contribution in [0.25, 0.3) is 0 Å². The van der Waals surface area contributed by atoms with Gasteiger partial charge in [0.1, 0.15) is 23.7 Å². The summed E-state index contributed by atoms with van der Waals surface area (Å²) in [6, 6.07) is 15.0. The smallest absolute Gasteiger partial charge is 0.141 e. The Hall–Kier alpha value is -3.41. The van der Waals surface area contributed by atoms with Crippen LogP contribution >= 0.6 is 0 Å². The van der Waals surface area contributed by atoms with Crippen LogP contribution in [0.4, 0.5) is 11.6 Å². The summed E-state index contributed by atoms with van der Waals surface area (Å²) in [5.41, 5.74) is 10.1. The van der Waals surface area contributed by atoms with E-state index in [0.717, 1.165) is 12.8 Å². The van der Waals surface area contributed by atoms with Crippen molar-refractivity contribution in [2.45, 2.75) is 18.9 Å². The number of nitrogen functional groups attached to an aromatic ring is 1. The molecule has 1 heterocycles. The fourth-order valence-corrected chi connectivity index (χ4v) is 3.38. The third kappa shape index (κ3) is 2.97. The van der Waals surface area contributed by atoms with Crippen molar-refractivity contribution in [1.82, 2.24) is 9.97 Å². The van der Waals surface area contributed by atoms with Crippen molar-refractivity contribution in [3.8, 4) is 5.75 Å². The first-order valence-electron chi connectivity index (χ1n) is 8.44. The Bertz CT molecular complexity index is 943. The van der Waals surface area contributed by atoms with Gasteiger partial charge in [-0.3, -0.25) is 5.41 Å². The lowest BCUT2D eigenvalue weighted by atomic mass is 10.0. The Morgan fingerprint density at radius 1 is 1.04 bits per heavy atom. The highest BCUT2D eigenvalue weighted by atomic mass is 16.3. The highest BCUT2D eigenvalue weighted by Crippen LogP contribution is 2.27. The van der Waals surface area contributed by atoms with Gasteiger partial charge in [-0.1, -0.05) is 24.3 Å². The van der Waals surface area contributed by atoms with Crippen molar-refractivity contribution in [3.63, 3.8) is 0 Å². The molecule has 4 rings (SSSR count). The lowest BCUT2D eigenvalue weighted by Crippen LogP contribution is -2.23. The first kappa shape index (κ1) is 16.1. The fraction of sp³-hybridized carbons (Fsp3) is 0.150. The van der Waals surface area contributed by atoms with Gasteiger partial charge in [-0.25, -0.2) is 9.97 Å². The number of phenols is 1. The predicted octanol–water partition coefficient (Wildman–Crippen LogP) is 2.76. The summed E-state index contributed by atoms with van der Waals surface area (Å²) in [7, 11) is 0. The number of nitrogens with zero attached hydrogens (tertiary/aromatic N) is 2. The topological polar surface area (TPSA) is 108 Å². The summed E-state index contributed by atoms with van der Waals surface area (Å²) in [5.74, 6) is 0.977. The van der Waals surface area contributed by atoms with Crippen LogP contribution in [-0.4, -0.2) is 26.8 Å². The molecule has 0 unspecified atom stereocenters. The number of nitrogens with one attached hydrogen (secondary N) is 2. The molecule has 0 bridgehead atoms. The third-order valence-electron chi connectivity index (χ3n) is 4.67. The molecule has 1 aliphatic carbocycles. The van der Waals surface area contributed by atoms with E-state index in [4.69, 9.17) is 11.1 Å². The van der Waals surface area contributed by atoms with E-state index in [-0.39, 0.29) is 23.3 Å². The zero-order chi connectivity index (χ0) is 18.1. The molecular weight excluding hydrogens is 326 g/mol. The second kappa shape index (κ2) is 6.48. The minimum atomic E-state index is 0.154. The van der Waals surface area contributed by atoms with Gasteiger partial charge in [-0.2, -0.15) is 0 Å². The van der Waals surface area contributed by atoms with Crippen LogP contribution in [0.5, 0.6) is 5.75 Å². The van der Waals surface area contributed by atoms with Crippen molar-refractivity contribution < 1.29 is 5.11 Å². The Labute approximate surface area is 151 Å². The molecule has 1 aromatic heterocycles. The maximum absolute atomic E-state index is 9.46. The summed E-state index contributed by atoms with van der Waals surface area (Å²) in [5, 5.41) is 21.4. The van der Waals surface area contributed by atoms with Gasteiger partial charge in [-0.15, -0.1) is 0 Å². The summed E-state index contributed by atoms with van der Waals surface area (Å²) in [4.78, 5) is 8.39. The largest absolute Gasteiger partial charge is 0.508 e. The lowest BCUT2D eigenvalue weighted by molar-refractivity contribution is 0.475. The monoisotopic (exact) mass is 345 g/mol. The zero-order valence-corrected chi connectivity index (χ0v) is 14.1. The van der Waals surface area contributed by atoms with E-state index >= 15 is 0 Å². The van der Waals surface area contributed by atoms with Gasteiger partial charge in [-0.05, 0) is 48.2 Å². The van der Waals surface area contributed by atoms with Crippen LogP contribution in [0.1, 0.15) is 22.3 Å². The minimum Gasteiger partial charge on any atom is -0.508 e. The summed E-state index contributed by atoms with van der Waals surface area (Å²) in [6.45, 7) is 0. The highest BCUT2D eigenvalue weighted by Gasteiger charge is 2.24. The van der Waals surface area contributed by atoms with Gasteiger partial charge in [0.05, 0.1) is 11.3 Å². The minimum absolute atomic E-state index is 0.154. The molecule has 0 fully saturated rings. The number of benzene rings is 2. The van der Waals surface area contributed by atoms with E-state index in [1.807, 2.05) is 0 Å². The first-order valence-corrected chi connectivity index (χ1v) is 8.44. The maximum atomic E-state index is 9.46.